The number of hydrogen-bond donors (Lipinski definition) is 1. The maximum atomic E-state index is 6.09. The van der Waals surface area contributed by atoms with Gasteiger partial charge in [0.1, 0.15) is 17.2 Å². The molecule has 0 amide bonds. The lowest BCUT2D eigenvalue weighted by Crippen LogP contribution is -2.08. The molecular formula is C24H16ClN3O. The third kappa shape index (κ3) is 3.58. The van der Waals surface area contributed by atoms with Crippen LogP contribution >= 0.6 is 11.6 Å². The fraction of sp³-hybridized carbons (Fsp3) is 0. The summed E-state index contributed by atoms with van der Waals surface area (Å²) in [5.74, 6) is 1.40. The molecule has 4 nitrogen and oxygen atoms in total. The van der Waals surface area contributed by atoms with Crippen LogP contribution in [0.25, 0.3) is 33.2 Å². The Bertz CT molecular complexity index is 1390. The molecule has 0 bridgehead atoms. The van der Waals surface area contributed by atoms with E-state index >= 15 is 0 Å². The van der Waals surface area contributed by atoms with E-state index in [1.165, 1.54) is 0 Å². The quantitative estimate of drug-likeness (QED) is 0.367. The third-order valence-electron chi connectivity index (χ3n) is 4.67. The fourth-order valence-corrected chi connectivity index (χ4v) is 3.34. The molecule has 0 atom stereocenters. The Hall–Kier alpha value is -3.63. The zero-order valence-electron chi connectivity index (χ0n) is 15.3. The van der Waals surface area contributed by atoms with Gasteiger partial charge in [0.05, 0.1) is 10.9 Å². The van der Waals surface area contributed by atoms with E-state index in [2.05, 4.69) is 15.5 Å². The molecule has 1 N–H and O–H groups in total. The monoisotopic (exact) mass is 397 g/mol. The Kier molecular flexibility index (Phi) is 4.47. The Morgan fingerprint density at radius 2 is 1.62 bits per heavy atom. The van der Waals surface area contributed by atoms with E-state index in [1.54, 1.807) is 0 Å². The van der Waals surface area contributed by atoms with Crippen molar-refractivity contribution in [2.75, 3.05) is 5.43 Å². The van der Waals surface area contributed by atoms with Gasteiger partial charge in [0.15, 0.2) is 0 Å². The van der Waals surface area contributed by atoms with Gasteiger partial charge in [-0.2, -0.15) is 5.10 Å². The van der Waals surface area contributed by atoms with Gasteiger partial charge in [-0.25, -0.2) is 4.98 Å². The van der Waals surface area contributed by atoms with E-state index in [9.17, 15) is 0 Å². The van der Waals surface area contributed by atoms with Crippen molar-refractivity contribution < 1.29 is 4.42 Å². The molecule has 0 radical (unpaired) electrons. The van der Waals surface area contributed by atoms with Crippen molar-refractivity contribution in [3.05, 3.63) is 101 Å². The SMILES string of the molecule is Clc1ccc(-c2cc(=NNc3ccc4ccccc4n3)c3ccccc3o2)cc1. The molecular weight excluding hydrogens is 382 g/mol. The van der Waals surface area contributed by atoms with Crippen molar-refractivity contribution in [3.63, 3.8) is 0 Å². The summed E-state index contributed by atoms with van der Waals surface area (Å²) < 4.78 is 6.09. The van der Waals surface area contributed by atoms with Gasteiger partial charge in [-0.05, 0) is 54.6 Å². The average Bonchev–Trinajstić information content (AvgIpc) is 2.77. The van der Waals surface area contributed by atoms with Crippen LogP contribution in [0.4, 0.5) is 5.82 Å². The smallest absolute Gasteiger partial charge is 0.146 e. The van der Waals surface area contributed by atoms with Gasteiger partial charge in [-0.1, -0.05) is 41.9 Å². The first-order valence-corrected chi connectivity index (χ1v) is 9.58. The Balaban J connectivity index is 1.61. The molecule has 0 spiro atoms. The third-order valence-corrected chi connectivity index (χ3v) is 4.92. The minimum Gasteiger partial charge on any atom is -0.456 e. The van der Waals surface area contributed by atoms with Crippen LogP contribution in [0.5, 0.6) is 0 Å². The van der Waals surface area contributed by atoms with Gasteiger partial charge in [0, 0.05) is 27.4 Å². The number of nitrogens with one attached hydrogen (secondary N) is 1. The normalized spacial score (nSPS) is 11.8. The number of para-hydroxylation sites is 2. The van der Waals surface area contributed by atoms with Crippen LogP contribution in [0, 0.1) is 0 Å². The molecule has 5 heteroatoms. The first-order chi connectivity index (χ1) is 14.3. The molecule has 0 aliphatic heterocycles. The molecule has 29 heavy (non-hydrogen) atoms. The number of halogens is 1. The van der Waals surface area contributed by atoms with Crippen molar-refractivity contribution >= 4 is 39.3 Å². The Morgan fingerprint density at radius 3 is 2.52 bits per heavy atom. The summed E-state index contributed by atoms with van der Waals surface area (Å²) in [4.78, 5) is 4.62. The second kappa shape index (κ2) is 7.41. The first kappa shape index (κ1) is 17.5. The predicted molar refractivity (Wildman–Crippen MR) is 118 cm³/mol. The van der Waals surface area contributed by atoms with Crippen LogP contribution < -0.4 is 10.8 Å². The molecule has 140 valence electrons. The second-order valence-corrected chi connectivity index (χ2v) is 7.05. The summed E-state index contributed by atoms with van der Waals surface area (Å²) in [6.45, 7) is 0. The minimum atomic E-state index is 0.682. The number of nitrogens with zero attached hydrogens (tertiary/aromatic N) is 2. The summed E-state index contributed by atoms with van der Waals surface area (Å²) in [6.07, 6.45) is 0. The number of aromatic nitrogens is 1. The Labute approximate surface area is 172 Å². The highest BCUT2D eigenvalue weighted by Gasteiger charge is 2.06. The highest BCUT2D eigenvalue weighted by molar-refractivity contribution is 6.30. The predicted octanol–water partition coefficient (Wildman–Crippen LogP) is 6.23. The van der Waals surface area contributed by atoms with Crippen LogP contribution in [-0.4, -0.2) is 4.98 Å². The minimum absolute atomic E-state index is 0.682. The molecule has 3 aromatic carbocycles. The number of anilines is 1. The lowest BCUT2D eigenvalue weighted by Gasteiger charge is -2.06. The summed E-state index contributed by atoms with van der Waals surface area (Å²) in [5, 5.41) is 8.08. The molecule has 0 saturated carbocycles. The molecule has 5 aromatic rings. The zero-order chi connectivity index (χ0) is 19.6. The highest BCUT2D eigenvalue weighted by Crippen LogP contribution is 2.23. The van der Waals surface area contributed by atoms with E-state index < -0.39 is 0 Å². The molecule has 0 fully saturated rings. The number of fused-ring (bicyclic) bond motifs is 2. The second-order valence-electron chi connectivity index (χ2n) is 6.61. The standard InChI is InChI=1S/C24H16ClN3O/c25-18-12-9-17(10-13-18)23-15-21(19-6-2-4-8-22(19)29-23)27-28-24-14-11-16-5-1-3-7-20(16)26-24/h1-15H,(H,26,28). The number of pyridine rings is 1. The lowest BCUT2D eigenvalue weighted by atomic mass is 10.1. The largest absolute Gasteiger partial charge is 0.456 e. The lowest BCUT2D eigenvalue weighted by molar-refractivity contribution is 0.618. The van der Waals surface area contributed by atoms with Gasteiger partial charge in [-0.3, -0.25) is 5.43 Å². The average molecular weight is 398 g/mol. The number of hydrogen-bond acceptors (Lipinski definition) is 4. The van der Waals surface area contributed by atoms with E-state index in [-0.39, 0.29) is 0 Å². The van der Waals surface area contributed by atoms with Crippen molar-refractivity contribution in [1.82, 2.24) is 4.98 Å². The molecule has 2 aromatic heterocycles. The van der Waals surface area contributed by atoms with Gasteiger partial charge in [-0.15, -0.1) is 0 Å². The number of benzene rings is 3. The zero-order valence-corrected chi connectivity index (χ0v) is 16.1. The summed E-state index contributed by atoms with van der Waals surface area (Å²) in [7, 11) is 0. The van der Waals surface area contributed by atoms with Crippen molar-refractivity contribution in [3.8, 4) is 11.3 Å². The van der Waals surface area contributed by atoms with Crippen molar-refractivity contribution in [2.45, 2.75) is 0 Å². The van der Waals surface area contributed by atoms with Crippen molar-refractivity contribution in [2.24, 2.45) is 5.10 Å². The van der Waals surface area contributed by atoms with Crippen LogP contribution in [0.1, 0.15) is 0 Å². The van der Waals surface area contributed by atoms with Crippen LogP contribution in [0.3, 0.4) is 0 Å². The molecule has 0 unspecified atom stereocenters. The summed E-state index contributed by atoms with van der Waals surface area (Å²) in [5.41, 5.74) is 5.69. The first-order valence-electron chi connectivity index (χ1n) is 9.21. The molecule has 0 aliphatic rings. The van der Waals surface area contributed by atoms with Gasteiger partial charge >= 0.3 is 0 Å². The fourth-order valence-electron chi connectivity index (χ4n) is 3.21. The van der Waals surface area contributed by atoms with Crippen LogP contribution in [-0.2, 0) is 0 Å². The highest BCUT2D eigenvalue weighted by atomic mass is 35.5. The van der Waals surface area contributed by atoms with E-state index in [0.717, 1.165) is 32.8 Å². The van der Waals surface area contributed by atoms with Crippen molar-refractivity contribution in [1.29, 1.82) is 0 Å². The summed E-state index contributed by atoms with van der Waals surface area (Å²) in [6, 6.07) is 29.2. The molecule has 5 rings (SSSR count). The van der Waals surface area contributed by atoms with Gasteiger partial charge in [0.25, 0.3) is 0 Å². The molecule has 0 saturated heterocycles. The van der Waals surface area contributed by atoms with E-state index in [1.807, 2.05) is 91.0 Å². The molecule has 0 aliphatic carbocycles. The maximum Gasteiger partial charge on any atom is 0.146 e. The van der Waals surface area contributed by atoms with Gasteiger partial charge in [0.2, 0.25) is 0 Å². The topological polar surface area (TPSA) is 50.4 Å². The number of rotatable bonds is 3. The van der Waals surface area contributed by atoms with Gasteiger partial charge < -0.3 is 4.42 Å². The van der Waals surface area contributed by atoms with Crippen LogP contribution in [0.2, 0.25) is 5.02 Å². The Morgan fingerprint density at radius 1 is 0.828 bits per heavy atom. The molecule has 2 heterocycles. The van der Waals surface area contributed by atoms with E-state index in [0.29, 0.717) is 16.6 Å². The summed E-state index contributed by atoms with van der Waals surface area (Å²) >= 11 is 6.02. The van der Waals surface area contributed by atoms with Crippen LogP contribution in [0.15, 0.2) is 101 Å². The van der Waals surface area contributed by atoms with E-state index in [4.69, 9.17) is 16.0 Å². The maximum absolute atomic E-state index is 6.09.